The van der Waals surface area contributed by atoms with E-state index in [1.165, 1.54) is 38.5 Å². The number of ether oxygens (including phenoxy) is 1. The number of rotatable bonds is 8. The normalized spacial score (nSPS) is 18.2. The fourth-order valence-electron chi connectivity index (χ4n) is 3.24. The van der Waals surface area contributed by atoms with Gasteiger partial charge in [-0.3, -0.25) is 9.67 Å². The molecule has 1 heterocycles. The maximum atomic E-state index is 5.71. The molecule has 0 unspecified atom stereocenters. The molecule has 0 amide bonds. The third kappa shape index (κ3) is 6.44. The van der Waals surface area contributed by atoms with Crippen molar-refractivity contribution in [3.63, 3.8) is 0 Å². The van der Waals surface area contributed by atoms with Crippen molar-refractivity contribution in [3.8, 4) is 0 Å². The van der Waals surface area contributed by atoms with E-state index < -0.39 is 0 Å². The van der Waals surface area contributed by atoms with Crippen molar-refractivity contribution in [1.29, 1.82) is 0 Å². The van der Waals surface area contributed by atoms with Crippen LogP contribution in [0.2, 0.25) is 0 Å². The molecule has 7 heteroatoms. The van der Waals surface area contributed by atoms with E-state index in [2.05, 4.69) is 32.2 Å². The van der Waals surface area contributed by atoms with E-state index in [-0.39, 0.29) is 24.0 Å². The number of nitrogens with one attached hydrogen (secondary N) is 1. The molecule has 142 valence electrons. The molecule has 1 N–H and O–H groups in total. The number of likely N-dealkylation sites (N-methyl/N-ethyl adjacent to an activating group) is 1. The zero-order valence-electron chi connectivity index (χ0n) is 15.5. The molecule has 3 rings (SSSR count). The average Bonchev–Trinajstić information content (AvgIpc) is 3.06. The molecule has 2 aliphatic carbocycles. The van der Waals surface area contributed by atoms with Gasteiger partial charge >= 0.3 is 0 Å². The number of aromatic nitrogens is 2. The second-order valence-corrected chi connectivity index (χ2v) is 7.07. The Kier molecular flexibility index (Phi) is 8.48. The molecule has 0 spiro atoms. The highest BCUT2D eigenvalue weighted by molar-refractivity contribution is 14.0. The molecule has 2 fully saturated rings. The van der Waals surface area contributed by atoms with Gasteiger partial charge in [-0.25, -0.2) is 0 Å². The first-order chi connectivity index (χ1) is 11.8. The number of guanidine groups is 1. The maximum Gasteiger partial charge on any atom is 0.193 e. The van der Waals surface area contributed by atoms with E-state index in [9.17, 15) is 0 Å². The van der Waals surface area contributed by atoms with Crippen LogP contribution in [0, 0.1) is 5.92 Å². The van der Waals surface area contributed by atoms with E-state index in [0.29, 0.717) is 12.6 Å². The highest BCUT2D eigenvalue weighted by Crippen LogP contribution is 2.29. The van der Waals surface area contributed by atoms with Gasteiger partial charge in [-0.05, 0) is 37.7 Å². The fraction of sp³-hybridized carbons (Fsp3) is 0.778. The first-order valence-electron chi connectivity index (χ1n) is 9.30. The van der Waals surface area contributed by atoms with Crippen LogP contribution in [0.5, 0.6) is 0 Å². The number of nitrogens with zero attached hydrogens (tertiary/aromatic N) is 4. The van der Waals surface area contributed by atoms with Gasteiger partial charge in [0.15, 0.2) is 5.96 Å². The molecule has 0 aliphatic heterocycles. The van der Waals surface area contributed by atoms with Gasteiger partial charge in [0.05, 0.1) is 24.9 Å². The molecule has 2 aliphatic rings. The predicted octanol–water partition coefficient (Wildman–Crippen LogP) is 3.05. The highest BCUT2D eigenvalue weighted by atomic mass is 127. The Hall–Kier alpha value is -0.830. The second-order valence-electron chi connectivity index (χ2n) is 7.07. The topological polar surface area (TPSA) is 54.7 Å². The van der Waals surface area contributed by atoms with E-state index >= 15 is 0 Å². The molecular formula is C18H32IN5O. The first kappa shape index (κ1) is 20.5. The third-order valence-corrected chi connectivity index (χ3v) is 4.98. The Labute approximate surface area is 168 Å². The van der Waals surface area contributed by atoms with Crippen LogP contribution in [0.25, 0.3) is 0 Å². The summed E-state index contributed by atoms with van der Waals surface area (Å²) in [5, 5.41) is 8.11. The molecule has 1 aromatic heterocycles. The van der Waals surface area contributed by atoms with Crippen molar-refractivity contribution >= 4 is 29.9 Å². The van der Waals surface area contributed by atoms with Gasteiger partial charge < -0.3 is 15.0 Å². The third-order valence-electron chi connectivity index (χ3n) is 4.98. The number of halogens is 1. The minimum Gasteiger partial charge on any atom is -0.379 e. The molecule has 6 nitrogen and oxygen atoms in total. The lowest BCUT2D eigenvalue weighted by molar-refractivity contribution is 0.115. The van der Waals surface area contributed by atoms with E-state index in [1.54, 1.807) is 0 Å². The van der Waals surface area contributed by atoms with Crippen LogP contribution in [-0.2, 0) is 11.3 Å². The fourth-order valence-corrected chi connectivity index (χ4v) is 3.24. The van der Waals surface area contributed by atoms with Gasteiger partial charge in [-0.1, -0.05) is 12.8 Å². The van der Waals surface area contributed by atoms with E-state index in [4.69, 9.17) is 9.84 Å². The average molecular weight is 461 g/mol. The zero-order valence-corrected chi connectivity index (χ0v) is 17.8. The SMILES string of the molecule is CN=C(NCc1ccn(C2CCCC2)n1)N(C)CCOCC1CC1.I. The zero-order chi connectivity index (χ0) is 16.8. The molecule has 0 aromatic carbocycles. The van der Waals surface area contributed by atoms with Crippen LogP contribution in [0.3, 0.4) is 0 Å². The predicted molar refractivity (Wildman–Crippen MR) is 112 cm³/mol. The van der Waals surface area contributed by atoms with Crippen molar-refractivity contribution in [1.82, 2.24) is 20.0 Å². The number of aliphatic imine (C=N–C) groups is 1. The molecule has 1 aromatic rings. The molecule has 0 atom stereocenters. The summed E-state index contributed by atoms with van der Waals surface area (Å²) in [4.78, 5) is 6.47. The summed E-state index contributed by atoms with van der Waals surface area (Å²) in [5.41, 5.74) is 1.07. The largest absolute Gasteiger partial charge is 0.379 e. The maximum absolute atomic E-state index is 5.71. The Morgan fingerprint density at radius 2 is 2.12 bits per heavy atom. The van der Waals surface area contributed by atoms with Crippen LogP contribution < -0.4 is 5.32 Å². The Balaban J connectivity index is 0.00000225. The van der Waals surface area contributed by atoms with Gasteiger partial charge in [-0.15, -0.1) is 24.0 Å². The summed E-state index contributed by atoms with van der Waals surface area (Å²) < 4.78 is 7.85. The van der Waals surface area contributed by atoms with E-state index in [0.717, 1.165) is 37.3 Å². The summed E-state index contributed by atoms with van der Waals surface area (Å²) in [7, 11) is 3.87. The monoisotopic (exact) mass is 461 g/mol. The van der Waals surface area contributed by atoms with Crippen LogP contribution in [0.4, 0.5) is 0 Å². The van der Waals surface area contributed by atoms with Crippen LogP contribution in [0.15, 0.2) is 17.3 Å². The Morgan fingerprint density at radius 1 is 1.36 bits per heavy atom. The van der Waals surface area contributed by atoms with Gasteiger partial charge in [0, 0.05) is 33.4 Å². The standard InChI is InChI=1S/C18H31N5O.HI/c1-19-18(22(2)11-12-24-14-15-7-8-15)20-13-16-9-10-23(21-16)17-5-3-4-6-17;/h9-10,15,17H,3-8,11-14H2,1-2H3,(H,19,20);1H. The first-order valence-corrected chi connectivity index (χ1v) is 9.30. The number of hydrogen-bond acceptors (Lipinski definition) is 3. The minimum atomic E-state index is 0. The summed E-state index contributed by atoms with van der Waals surface area (Å²) in [6.07, 6.45) is 9.99. The van der Waals surface area contributed by atoms with Crippen molar-refractivity contribution in [3.05, 3.63) is 18.0 Å². The van der Waals surface area contributed by atoms with Crippen molar-refractivity contribution in [2.45, 2.75) is 51.1 Å². The summed E-state index contributed by atoms with van der Waals surface area (Å²) >= 11 is 0. The lowest BCUT2D eigenvalue weighted by Gasteiger charge is -2.21. The lowest BCUT2D eigenvalue weighted by atomic mass is 10.3. The molecule has 0 radical (unpaired) electrons. The minimum absolute atomic E-state index is 0. The smallest absolute Gasteiger partial charge is 0.193 e. The van der Waals surface area contributed by atoms with Crippen LogP contribution in [-0.4, -0.2) is 54.5 Å². The molecular weight excluding hydrogens is 429 g/mol. The second kappa shape index (κ2) is 10.4. The van der Waals surface area contributed by atoms with Gasteiger partial charge in [0.2, 0.25) is 0 Å². The summed E-state index contributed by atoms with van der Waals surface area (Å²) in [6.45, 7) is 3.23. The van der Waals surface area contributed by atoms with Crippen molar-refractivity contribution in [2.24, 2.45) is 10.9 Å². The molecule has 2 saturated carbocycles. The van der Waals surface area contributed by atoms with Gasteiger partial charge in [0.1, 0.15) is 0 Å². The van der Waals surface area contributed by atoms with Crippen LogP contribution >= 0.6 is 24.0 Å². The van der Waals surface area contributed by atoms with Crippen LogP contribution in [0.1, 0.15) is 50.3 Å². The highest BCUT2D eigenvalue weighted by Gasteiger charge is 2.21. The Bertz CT molecular complexity index is 537. The summed E-state index contributed by atoms with van der Waals surface area (Å²) in [6, 6.07) is 2.71. The van der Waals surface area contributed by atoms with Gasteiger partial charge in [-0.2, -0.15) is 5.10 Å². The molecule has 0 bridgehead atoms. The van der Waals surface area contributed by atoms with Gasteiger partial charge in [0.25, 0.3) is 0 Å². The van der Waals surface area contributed by atoms with E-state index in [1.807, 2.05) is 14.1 Å². The quantitative estimate of drug-likeness (QED) is 0.280. The molecule has 0 saturated heterocycles. The molecule has 25 heavy (non-hydrogen) atoms. The number of hydrogen-bond donors (Lipinski definition) is 1. The lowest BCUT2D eigenvalue weighted by Crippen LogP contribution is -2.40. The van der Waals surface area contributed by atoms with Crippen molar-refractivity contribution in [2.75, 3.05) is 33.9 Å². The van der Waals surface area contributed by atoms with Crippen molar-refractivity contribution < 1.29 is 4.74 Å². The summed E-state index contributed by atoms with van der Waals surface area (Å²) in [5.74, 6) is 1.71. The Morgan fingerprint density at radius 3 is 2.80 bits per heavy atom.